The molecule has 1 heterocycles. The molecule has 2 aromatic rings. The summed E-state index contributed by atoms with van der Waals surface area (Å²) in [5.74, 6) is 0. The van der Waals surface area contributed by atoms with Crippen molar-refractivity contribution in [1.82, 2.24) is 9.55 Å². The van der Waals surface area contributed by atoms with Crippen molar-refractivity contribution < 1.29 is 17.9 Å². The highest BCUT2D eigenvalue weighted by molar-refractivity contribution is 5.40. The van der Waals surface area contributed by atoms with Crippen LogP contribution in [0.2, 0.25) is 0 Å². The first kappa shape index (κ1) is 12.5. The summed E-state index contributed by atoms with van der Waals surface area (Å²) in [6, 6.07) is 5.29. The second kappa shape index (κ2) is 4.36. The van der Waals surface area contributed by atoms with Crippen LogP contribution in [0, 0.1) is 6.92 Å². The molecule has 0 saturated carbocycles. The van der Waals surface area contributed by atoms with Gasteiger partial charge in [-0.1, -0.05) is 6.07 Å². The average Bonchev–Trinajstić information content (AvgIpc) is 2.69. The summed E-state index contributed by atoms with van der Waals surface area (Å²) in [7, 11) is 1.42. The predicted octanol–water partition coefficient (Wildman–Crippen LogP) is 3.21. The fraction of sp³-hybridized carbons (Fsp3) is 0.250. The van der Waals surface area contributed by atoms with Gasteiger partial charge in [-0.2, -0.15) is 13.2 Å². The standard InChI is InChI=1S/C12H11F3N2O/c1-8-7-16-11(18-2)17(8)10-5-3-4-9(6-10)12(13,14)15/h3-7H,1-2H3. The van der Waals surface area contributed by atoms with Crippen molar-refractivity contribution in [3.8, 4) is 11.7 Å². The van der Waals surface area contributed by atoms with E-state index in [0.29, 0.717) is 11.4 Å². The maximum absolute atomic E-state index is 12.6. The highest BCUT2D eigenvalue weighted by atomic mass is 19.4. The maximum Gasteiger partial charge on any atom is 0.416 e. The Labute approximate surface area is 102 Å². The molecule has 1 aromatic carbocycles. The molecular formula is C12H11F3N2O. The minimum Gasteiger partial charge on any atom is -0.468 e. The summed E-state index contributed by atoms with van der Waals surface area (Å²) in [5.41, 5.74) is 0.373. The van der Waals surface area contributed by atoms with E-state index in [9.17, 15) is 13.2 Å². The van der Waals surface area contributed by atoms with E-state index in [4.69, 9.17) is 4.74 Å². The highest BCUT2D eigenvalue weighted by Crippen LogP contribution is 2.31. The van der Waals surface area contributed by atoms with E-state index in [1.165, 1.54) is 17.7 Å². The van der Waals surface area contributed by atoms with E-state index >= 15 is 0 Å². The van der Waals surface area contributed by atoms with Crippen LogP contribution in [-0.2, 0) is 6.18 Å². The molecule has 2 rings (SSSR count). The Morgan fingerprint density at radius 3 is 2.61 bits per heavy atom. The van der Waals surface area contributed by atoms with Crippen LogP contribution in [0.3, 0.4) is 0 Å². The van der Waals surface area contributed by atoms with Gasteiger partial charge in [0.15, 0.2) is 0 Å². The second-order valence-electron chi connectivity index (χ2n) is 3.77. The summed E-state index contributed by atoms with van der Waals surface area (Å²) in [6.07, 6.45) is -2.82. The molecular weight excluding hydrogens is 245 g/mol. The summed E-state index contributed by atoms with van der Waals surface area (Å²) in [4.78, 5) is 3.96. The van der Waals surface area contributed by atoms with Crippen molar-refractivity contribution in [2.45, 2.75) is 13.1 Å². The average molecular weight is 256 g/mol. The molecule has 0 amide bonds. The van der Waals surface area contributed by atoms with Gasteiger partial charge in [-0.15, -0.1) is 0 Å². The minimum atomic E-state index is -4.36. The van der Waals surface area contributed by atoms with Crippen LogP contribution < -0.4 is 4.74 Å². The number of hydrogen-bond donors (Lipinski definition) is 0. The molecule has 6 heteroatoms. The topological polar surface area (TPSA) is 27.1 Å². The first-order chi connectivity index (χ1) is 8.43. The van der Waals surface area contributed by atoms with Gasteiger partial charge in [-0.3, -0.25) is 4.57 Å². The Kier molecular flexibility index (Phi) is 3.02. The predicted molar refractivity (Wildman–Crippen MR) is 59.9 cm³/mol. The zero-order valence-corrected chi connectivity index (χ0v) is 9.82. The van der Waals surface area contributed by atoms with Gasteiger partial charge >= 0.3 is 12.2 Å². The lowest BCUT2D eigenvalue weighted by Gasteiger charge is -2.12. The Bertz CT molecular complexity index is 561. The fourth-order valence-corrected chi connectivity index (χ4v) is 1.69. The van der Waals surface area contributed by atoms with Crippen molar-refractivity contribution >= 4 is 0 Å². The van der Waals surface area contributed by atoms with Gasteiger partial charge < -0.3 is 4.74 Å². The normalized spacial score (nSPS) is 11.6. The van der Waals surface area contributed by atoms with Crippen LogP contribution in [0.1, 0.15) is 11.3 Å². The van der Waals surface area contributed by atoms with Crippen LogP contribution in [0.4, 0.5) is 13.2 Å². The molecule has 0 atom stereocenters. The highest BCUT2D eigenvalue weighted by Gasteiger charge is 2.30. The van der Waals surface area contributed by atoms with Crippen LogP contribution in [0.15, 0.2) is 30.5 Å². The molecule has 96 valence electrons. The number of ether oxygens (including phenoxy) is 1. The summed E-state index contributed by atoms with van der Waals surface area (Å²) < 4.78 is 44.4. The number of methoxy groups -OCH3 is 1. The minimum absolute atomic E-state index is 0.256. The zero-order chi connectivity index (χ0) is 13.3. The maximum atomic E-state index is 12.6. The SMILES string of the molecule is COc1ncc(C)n1-c1cccc(C(F)(F)F)c1. The van der Waals surface area contributed by atoms with Crippen molar-refractivity contribution in [1.29, 1.82) is 0 Å². The third-order valence-electron chi connectivity index (χ3n) is 2.52. The van der Waals surface area contributed by atoms with Gasteiger partial charge in [-0.05, 0) is 25.1 Å². The number of aryl methyl sites for hydroxylation is 1. The van der Waals surface area contributed by atoms with Gasteiger partial charge in [0.1, 0.15) is 0 Å². The van der Waals surface area contributed by atoms with E-state index in [-0.39, 0.29) is 6.01 Å². The summed E-state index contributed by atoms with van der Waals surface area (Å²) in [6.45, 7) is 1.75. The zero-order valence-electron chi connectivity index (χ0n) is 9.82. The molecule has 0 spiro atoms. The first-order valence-corrected chi connectivity index (χ1v) is 5.19. The Morgan fingerprint density at radius 2 is 2.00 bits per heavy atom. The Balaban J connectivity index is 2.55. The summed E-state index contributed by atoms with van der Waals surface area (Å²) >= 11 is 0. The van der Waals surface area contributed by atoms with Crippen LogP contribution >= 0.6 is 0 Å². The van der Waals surface area contributed by atoms with Crippen LogP contribution in [0.25, 0.3) is 5.69 Å². The number of halogens is 3. The van der Waals surface area contributed by atoms with Gasteiger partial charge in [0.2, 0.25) is 0 Å². The number of aromatic nitrogens is 2. The van der Waals surface area contributed by atoms with E-state index in [1.54, 1.807) is 19.2 Å². The quantitative estimate of drug-likeness (QED) is 0.825. The molecule has 0 N–H and O–H groups in total. The van der Waals surface area contributed by atoms with Crippen LogP contribution in [-0.4, -0.2) is 16.7 Å². The second-order valence-corrected chi connectivity index (χ2v) is 3.77. The first-order valence-electron chi connectivity index (χ1n) is 5.19. The number of imidazole rings is 1. The third-order valence-corrected chi connectivity index (χ3v) is 2.52. The van der Waals surface area contributed by atoms with E-state index in [0.717, 1.165) is 12.1 Å². The molecule has 0 fully saturated rings. The van der Waals surface area contributed by atoms with E-state index in [1.807, 2.05) is 0 Å². The number of hydrogen-bond acceptors (Lipinski definition) is 2. The van der Waals surface area contributed by atoms with Gasteiger partial charge in [-0.25, -0.2) is 4.98 Å². The van der Waals surface area contributed by atoms with E-state index in [2.05, 4.69) is 4.98 Å². The lowest BCUT2D eigenvalue weighted by molar-refractivity contribution is -0.137. The lowest BCUT2D eigenvalue weighted by Crippen LogP contribution is -2.07. The molecule has 0 aliphatic rings. The number of alkyl halides is 3. The molecule has 0 unspecified atom stereocenters. The fourth-order valence-electron chi connectivity index (χ4n) is 1.69. The van der Waals surface area contributed by atoms with Gasteiger partial charge in [0.25, 0.3) is 0 Å². The molecule has 0 aliphatic carbocycles. The van der Waals surface area contributed by atoms with Gasteiger partial charge in [0, 0.05) is 5.69 Å². The number of benzene rings is 1. The smallest absolute Gasteiger partial charge is 0.416 e. The summed E-state index contributed by atoms with van der Waals surface area (Å²) in [5, 5.41) is 0. The van der Waals surface area contributed by atoms with Crippen molar-refractivity contribution in [2.75, 3.05) is 7.11 Å². The van der Waals surface area contributed by atoms with Crippen LogP contribution in [0.5, 0.6) is 6.01 Å². The lowest BCUT2D eigenvalue weighted by atomic mass is 10.2. The molecule has 0 saturated heterocycles. The third kappa shape index (κ3) is 2.18. The Hall–Kier alpha value is -1.98. The number of rotatable bonds is 2. The monoisotopic (exact) mass is 256 g/mol. The van der Waals surface area contributed by atoms with Crippen molar-refractivity contribution in [3.05, 3.63) is 41.7 Å². The van der Waals surface area contributed by atoms with Gasteiger partial charge in [0.05, 0.1) is 24.6 Å². The van der Waals surface area contributed by atoms with Crippen molar-refractivity contribution in [3.63, 3.8) is 0 Å². The molecule has 0 bridgehead atoms. The molecule has 18 heavy (non-hydrogen) atoms. The largest absolute Gasteiger partial charge is 0.468 e. The Morgan fingerprint density at radius 1 is 1.28 bits per heavy atom. The molecule has 3 nitrogen and oxygen atoms in total. The number of nitrogens with zero attached hydrogens (tertiary/aromatic N) is 2. The van der Waals surface area contributed by atoms with E-state index < -0.39 is 11.7 Å². The molecule has 0 aliphatic heterocycles. The van der Waals surface area contributed by atoms with Crippen molar-refractivity contribution in [2.24, 2.45) is 0 Å². The molecule has 0 radical (unpaired) electrons. The molecule has 1 aromatic heterocycles.